The van der Waals surface area contributed by atoms with Gasteiger partial charge < -0.3 is 24.2 Å². The average molecular weight is 1040 g/mol. The van der Waals surface area contributed by atoms with Crippen molar-refractivity contribution in [3.63, 3.8) is 0 Å². The lowest BCUT2D eigenvalue weighted by Gasteiger charge is -2.21. The minimum atomic E-state index is -4.75. The van der Waals surface area contributed by atoms with Gasteiger partial charge in [-0.25, -0.2) is 4.57 Å². The molecule has 0 heterocycles. The summed E-state index contributed by atoms with van der Waals surface area (Å²) in [4.78, 5) is 48.5. The first-order chi connectivity index (χ1) is 35.2. The summed E-state index contributed by atoms with van der Waals surface area (Å²) in [5.74, 6) is -1.47. The van der Waals surface area contributed by atoms with Crippen LogP contribution in [-0.4, -0.2) is 66.5 Å². The minimum absolute atomic E-state index is 0.161. The average Bonchev–Trinajstić information content (AvgIpc) is 3.37. The van der Waals surface area contributed by atoms with Crippen molar-refractivity contribution in [2.45, 2.75) is 290 Å². The molecule has 0 rings (SSSR count). The summed E-state index contributed by atoms with van der Waals surface area (Å²) in [6, 6.07) is 0. The smallest absolute Gasteiger partial charge is 0.462 e. The van der Waals surface area contributed by atoms with Crippen molar-refractivity contribution in [2.24, 2.45) is 0 Å². The second-order valence-electron chi connectivity index (χ2n) is 19.8. The van der Waals surface area contributed by atoms with E-state index in [0.29, 0.717) is 19.3 Å². The van der Waals surface area contributed by atoms with Crippen LogP contribution in [0, 0.1) is 0 Å². The number of hydrogen-bond acceptors (Lipinski definition) is 10. The Hall–Kier alpha value is -2.56. The molecule has 3 atom stereocenters. The highest BCUT2D eigenvalue weighted by Crippen LogP contribution is 2.43. The molecule has 0 aliphatic heterocycles. The maximum atomic E-state index is 12.9. The van der Waals surface area contributed by atoms with E-state index in [1.807, 2.05) is 0 Å². The van der Waals surface area contributed by atoms with Gasteiger partial charge in [-0.2, -0.15) is 0 Å². The molecule has 0 amide bonds. The molecule has 72 heavy (non-hydrogen) atoms. The number of unbranched alkanes of at least 4 members (excludes halogenated alkanes) is 30. The van der Waals surface area contributed by atoms with E-state index in [9.17, 15) is 28.9 Å². The lowest BCUT2D eigenvalue weighted by molar-refractivity contribution is -0.161. The Balaban J connectivity index is 4.72. The number of ether oxygens (including phenoxy) is 3. The van der Waals surface area contributed by atoms with Gasteiger partial charge in [0.25, 0.3) is 0 Å². The predicted molar refractivity (Wildman–Crippen MR) is 298 cm³/mol. The molecule has 3 unspecified atom stereocenters. The topological polar surface area (TPSA) is 155 Å². The number of carbonyl (C=O) groups is 3. The van der Waals surface area contributed by atoms with Crippen molar-refractivity contribution >= 4 is 25.7 Å². The lowest BCUT2D eigenvalue weighted by atomic mass is 10.1. The third kappa shape index (κ3) is 52.3. The van der Waals surface area contributed by atoms with Crippen molar-refractivity contribution in [1.82, 2.24) is 0 Å². The van der Waals surface area contributed by atoms with Gasteiger partial charge in [-0.15, -0.1) is 0 Å². The van der Waals surface area contributed by atoms with Crippen LogP contribution in [0.25, 0.3) is 0 Å². The molecule has 2 N–H and O–H groups in total. The third-order valence-electron chi connectivity index (χ3n) is 12.7. The van der Waals surface area contributed by atoms with Gasteiger partial charge in [-0.05, 0) is 83.5 Å². The molecule has 0 bridgehead atoms. The van der Waals surface area contributed by atoms with Gasteiger partial charge in [0.1, 0.15) is 12.7 Å². The number of aliphatic hydroxyl groups is 1. The number of phosphoric ester groups is 1. The molecule has 0 aromatic heterocycles. The SMILES string of the molecule is CCCCC/C=C\C/C=C\CCCCCCCCCCCC(=O)OC(COC(=O)CCCCCCC/C=C\C/C=C\CCCCC)COP(=O)(O)OCC(CO)OC(=O)CCCCCCCCCCCCC. The highest BCUT2D eigenvalue weighted by Gasteiger charge is 2.28. The Labute approximate surface area is 441 Å². The molecule has 0 saturated heterocycles. The summed E-state index contributed by atoms with van der Waals surface area (Å²) in [5, 5.41) is 9.80. The Bertz CT molecular complexity index is 1400. The van der Waals surface area contributed by atoms with Crippen LogP contribution < -0.4 is 0 Å². The normalized spacial score (nSPS) is 13.7. The zero-order valence-electron chi connectivity index (χ0n) is 46.4. The molecule has 420 valence electrons. The molecule has 0 aliphatic rings. The van der Waals surface area contributed by atoms with E-state index < -0.39 is 57.8 Å². The van der Waals surface area contributed by atoms with Crippen molar-refractivity contribution in [3.05, 3.63) is 48.6 Å². The Morgan fingerprint density at radius 3 is 1.06 bits per heavy atom. The highest BCUT2D eigenvalue weighted by molar-refractivity contribution is 7.47. The van der Waals surface area contributed by atoms with Crippen LogP contribution in [0.1, 0.15) is 278 Å². The lowest BCUT2D eigenvalue weighted by Crippen LogP contribution is -2.30. The number of phosphoric acid groups is 1. The summed E-state index contributed by atoms with van der Waals surface area (Å²) in [6.45, 7) is 4.59. The summed E-state index contributed by atoms with van der Waals surface area (Å²) in [7, 11) is -4.75. The molecular weight excluding hydrogens is 928 g/mol. The van der Waals surface area contributed by atoms with Gasteiger partial charge in [0, 0.05) is 19.3 Å². The minimum Gasteiger partial charge on any atom is -0.462 e. The number of allylic oxidation sites excluding steroid dienone is 8. The number of hydrogen-bond donors (Lipinski definition) is 2. The summed E-state index contributed by atoms with van der Waals surface area (Å²) < 4.78 is 39.5. The fraction of sp³-hybridized carbons (Fsp3) is 0.817. The second-order valence-corrected chi connectivity index (χ2v) is 21.3. The molecule has 12 heteroatoms. The first-order valence-corrected chi connectivity index (χ1v) is 31.0. The van der Waals surface area contributed by atoms with Crippen LogP contribution in [0.5, 0.6) is 0 Å². The van der Waals surface area contributed by atoms with Gasteiger partial charge in [-0.1, -0.05) is 223 Å². The molecule has 0 aromatic carbocycles. The maximum Gasteiger partial charge on any atom is 0.472 e. The fourth-order valence-corrected chi connectivity index (χ4v) is 8.97. The number of esters is 3. The van der Waals surface area contributed by atoms with Crippen LogP contribution >= 0.6 is 7.82 Å². The molecular formula is C60H109O11P. The molecule has 0 aromatic rings. The zero-order valence-corrected chi connectivity index (χ0v) is 47.3. The third-order valence-corrected chi connectivity index (χ3v) is 13.7. The van der Waals surface area contributed by atoms with Crippen LogP contribution in [0.3, 0.4) is 0 Å². The van der Waals surface area contributed by atoms with E-state index in [4.69, 9.17) is 23.3 Å². The maximum absolute atomic E-state index is 12.9. The monoisotopic (exact) mass is 1040 g/mol. The van der Waals surface area contributed by atoms with Crippen molar-refractivity contribution in [1.29, 1.82) is 0 Å². The molecule has 0 saturated carbocycles. The van der Waals surface area contributed by atoms with Gasteiger partial charge >= 0.3 is 25.7 Å². The van der Waals surface area contributed by atoms with Crippen molar-refractivity contribution in [2.75, 3.05) is 26.4 Å². The standard InChI is InChI=1S/C60H109O11P/c1-4-7-10-13-16-19-22-24-26-27-28-29-31-33-36-39-42-45-48-51-60(64)71-57(53-67-58(62)49-46-43-40-37-35-32-30-25-23-20-17-14-11-8-5-2)55-69-72(65,66)68-54-56(52-61)70-59(63)50-47-44-41-38-34-21-18-15-12-9-6-3/h16-17,19-20,24-26,30,56-57,61H,4-15,18,21-23,27-29,31-55H2,1-3H3,(H,65,66)/b19-16-,20-17-,26-24-,30-25-. The highest BCUT2D eigenvalue weighted by atomic mass is 31.2. The molecule has 0 fully saturated rings. The molecule has 0 spiro atoms. The first kappa shape index (κ1) is 69.4. The van der Waals surface area contributed by atoms with E-state index in [1.165, 1.54) is 122 Å². The Morgan fingerprint density at radius 1 is 0.389 bits per heavy atom. The Kier molecular flexibility index (Phi) is 52.7. The van der Waals surface area contributed by atoms with Crippen LogP contribution in [0.2, 0.25) is 0 Å². The van der Waals surface area contributed by atoms with Gasteiger partial charge in [-0.3, -0.25) is 23.4 Å². The van der Waals surface area contributed by atoms with E-state index in [0.717, 1.165) is 96.3 Å². The number of carbonyl (C=O) groups excluding carboxylic acids is 3. The first-order valence-electron chi connectivity index (χ1n) is 29.5. The summed E-state index contributed by atoms with van der Waals surface area (Å²) in [6.07, 6.45) is 57.8. The zero-order chi connectivity index (χ0) is 52.7. The van der Waals surface area contributed by atoms with Gasteiger partial charge in [0.15, 0.2) is 6.10 Å². The second kappa shape index (κ2) is 54.7. The Morgan fingerprint density at radius 2 is 0.681 bits per heavy atom. The van der Waals surface area contributed by atoms with E-state index >= 15 is 0 Å². The van der Waals surface area contributed by atoms with E-state index in [-0.39, 0.29) is 25.9 Å². The van der Waals surface area contributed by atoms with Crippen LogP contribution in [0.15, 0.2) is 48.6 Å². The molecule has 0 aliphatic carbocycles. The van der Waals surface area contributed by atoms with E-state index in [1.54, 1.807) is 0 Å². The van der Waals surface area contributed by atoms with Crippen molar-refractivity contribution < 1.29 is 52.2 Å². The van der Waals surface area contributed by atoms with Crippen molar-refractivity contribution in [3.8, 4) is 0 Å². The quantitative estimate of drug-likeness (QED) is 0.0197. The summed E-state index contributed by atoms with van der Waals surface area (Å²) >= 11 is 0. The summed E-state index contributed by atoms with van der Waals surface area (Å²) in [5.41, 5.74) is 0. The van der Waals surface area contributed by atoms with E-state index in [2.05, 4.69) is 69.4 Å². The fourth-order valence-electron chi connectivity index (χ4n) is 8.18. The van der Waals surface area contributed by atoms with Gasteiger partial charge in [0.2, 0.25) is 0 Å². The number of aliphatic hydroxyl groups excluding tert-OH is 1. The predicted octanol–water partition coefficient (Wildman–Crippen LogP) is 17.4. The van der Waals surface area contributed by atoms with Crippen LogP contribution in [-0.2, 0) is 42.2 Å². The van der Waals surface area contributed by atoms with Gasteiger partial charge in [0.05, 0.1) is 19.8 Å². The molecule has 11 nitrogen and oxygen atoms in total. The van der Waals surface area contributed by atoms with Crippen LogP contribution in [0.4, 0.5) is 0 Å². The number of rotatable bonds is 55. The molecule has 0 radical (unpaired) electrons. The largest absolute Gasteiger partial charge is 0.472 e.